The minimum atomic E-state index is -4.09. The fourth-order valence-corrected chi connectivity index (χ4v) is 6.41. The Morgan fingerprint density at radius 3 is 2.22 bits per heavy atom. The third kappa shape index (κ3) is 4.83. The van der Waals surface area contributed by atoms with Crippen molar-refractivity contribution in [3.63, 3.8) is 0 Å². The highest BCUT2D eigenvalue weighted by atomic mass is 35.5. The van der Waals surface area contributed by atoms with Gasteiger partial charge in [0.25, 0.3) is 27.1 Å². The molecule has 0 aromatic heterocycles. The molecule has 5 rings (SSSR count). The van der Waals surface area contributed by atoms with Gasteiger partial charge in [0.05, 0.1) is 27.6 Å². The predicted octanol–water partition coefficient (Wildman–Crippen LogP) is 5.69. The van der Waals surface area contributed by atoms with Gasteiger partial charge in [-0.15, -0.1) is 0 Å². The first-order valence-corrected chi connectivity index (χ1v) is 13.9. The summed E-state index contributed by atoms with van der Waals surface area (Å²) in [6.07, 6.45) is 0. The molecule has 3 aromatic carbocycles. The zero-order chi connectivity index (χ0) is 26.5. The van der Waals surface area contributed by atoms with Crippen molar-refractivity contribution in [2.24, 2.45) is 0 Å². The third-order valence-corrected chi connectivity index (χ3v) is 8.84. The monoisotopic (exact) mass is 593 g/mol. The first kappa shape index (κ1) is 25.6. The van der Waals surface area contributed by atoms with E-state index in [2.05, 4.69) is 10.0 Å². The Morgan fingerprint density at radius 1 is 0.919 bits per heavy atom. The van der Waals surface area contributed by atoms with Crippen molar-refractivity contribution in [2.45, 2.75) is 11.4 Å². The Labute approximate surface area is 230 Å². The number of fused-ring (bicyclic) bond motifs is 1. The highest BCUT2D eigenvalue weighted by Gasteiger charge is 2.41. The van der Waals surface area contributed by atoms with E-state index >= 15 is 0 Å². The lowest BCUT2D eigenvalue weighted by molar-refractivity contribution is -0.116. The number of benzene rings is 3. The number of nitrogens with one attached hydrogen (secondary N) is 2. The van der Waals surface area contributed by atoms with Crippen LogP contribution in [0, 0.1) is 0 Å². The van der Waals surface area contributed by atoms with Crippen LogP contribution in [0.4, 0.5) is 16.2 Å². The second-order valence-electron chi connectivity index (χ2n) is 7.93. The second kappa shape index (κ2) is 9.70. The summed E-state index contributed by atoms with van der Waals surface area (Å²) in [4.78, 5) is 39.0. The first-order valence-electron chi connectivity index (χ1n) is 10.5. The third-order valence-electron chi connectivity index (χ3n) is 5.62. The number of imide groups is 1. The molecule has 37 heavy (non-hydrogen) atoms. The molecule has 0 spiro atoms. The summed E-state index contributed by atoms with van der Waals surface area (Å²) < 4.78 is 28.7. The quantitative estimate of drug-likeness (QED) is 0.367. The fraction of sp³-hybridized carbons (Fsp3) is 0.0417. The van der Waals surface area contributed by atoms with Crippen LogP contribution in [0.1, 0.15) is 11.1 Å². The number of amides is 3. The number of halogens is 3. The molecule has 188 valence electrons. The van der Waals surface area contributed by atoms with Gasteiger partial charge in [-0.25, -0.2) is 8.42 Å². The number of sulfonamides is 1. The molecule has 3 aromatic rings. The molecule has 0 bridgehead atoms. The topological polar surface area (TPSA) is 113 Å². The highest BCUT2D eigenvalue weighted by Crippen LogP contribution is 2.45. The lowest BCUT2D eigenvalue weighted by Crippen LogP contribution is -2.27. The molecule has 2 aliphatic rings. The summed E-state index contributed by atoms with van der Waals surface area (Å²) in [6.45, 7) is -0.0452. The van der Waals surface area contributed by atoms with Gasteiger partial charge >= 0.3 is 0 Å². The molecule has 0 aliphatic carbocycles. The summed E-state index contributed by atoms with van der Waals surface area (Å²) >= 11 is 19.1. The van der Waals surface area contributed by atoms with Gasteiger partial charge in [0.1, 0.15) is 0 Å². The number of hydrogen-bond donors (Lipinski definition) is 2. The van der Waals surface area contributed by atoms with Crippen molar-refractivity contribution in [3.05, 3.63) is 91.8 Å². The van der Waals surface area contributed by atoms with E-state index in [1.54, 1.807) is 18.2 Å². The van der Waals surface area contributed by atoms with Crippen LogP contribution in [0.3, 0.4) is 0 Å². The molecule has 8 nitrogen and oxygen atoms in total. The van der Waals surface area contributed by atoms with Gasteiger partial charge in [0.15, 0.2) is 0 Å². The van der Waals surface area contributed by atoms with E-state index in [1.165, 1.54) is 47.4 Å². The van der Waals surface area contributed by atoms with E-state index in [0.717, 1.165) is 0 Å². The van der Waals surface area contributed by atoms with E-state index in [4.69, 9.17) is 34.8 Å². The molecule has 0 unspecified atom stereocenters. The van der Waals surface area contributed by atoms with Crippen LogP contribution >= 0.6 is 46.6 Å². The van der Waals surface area contributed by atoms with Crippen molar-refractivity contribution in [2.75, 3.05) is 9.62 Å². The number of carbonyl (C=O) groups is 3. The van der Waals surface area contributed by atoms with Crippen molar-refractivity contribution in [1.29, 1.82) is 0 Å². The maximum Gasteiger partial charge on any atom is 0.290 e. The molecule has 2 N–H and O–H groups in total. The number of anilines is 2. The van der Waals surface area contributed by atoms with Gasteiger partial charge < -0.3 is 4.90 Å². The molecule has 13 heteroatoms. The van der Waals surface area contributed by atoms with Crippen LogP contribution < -0.4 is 14.9 Å². The Kier molecular flexibility index (Phi) is 6.71. The number of carbonyl (C=O) groups excluding carboxylic acids is 3. The average molecular weight is 595 g/mol. The van der Waals surface area contributed by atoms with E-state index in [-0.39, 0.29) is 33.2 Å². The van der Waals surface area contributed by atoms with Crippen molar-refractivity contribution in [3.8, 4) is 0 Å². The van der Waals surface area contributed by atoms with Crippen LogP contribution in [0.15, 0.2) is 70.5 Å². The molecule has 1 fully saturated rings. The van der Waals surface area contributed by atoms with E-state index in [9.17, 15) is 22.8 Å². The molecular weight excluding hydrogens is 581 g/mol. The standard InChI is InChI=1S/C24H14Cl3N3O5S2/c25-12-4-6-13(7-5-12)29-37(34,35)14-8-9-19-15(10-14)20(21-22(31)28-24(33)36-21)23(32)30(19)11-16-17(26)2-1-3-18(16)27/h1-10,29H,11H2,(H,28,31,33)/b21-20-. The van der Waals surface area contributed by atoms with Gasteiger partial charge in [-0.05, 0) is 66.4 Å². The maximum atomic E-state index is 13.6. The Balaban J connectivity index is 1.62. The summed E-state index contributed by atoms with van der Waals surface area (Å²) in [5.41, 5.74) is 1.18. The number of rotatable bonds is 5. The summed E-state index contributed by atoms with van der Waals surface area (Å²) in [7, 11) is -4.09. The lowest BCUT2D eigenvalue weighted by atomic mass is 10.1. The minimum absolute atomic E-state index is 0.0452. The lowest BCUT2D eigenvalue weighted by Gasteiger charge is -2.19. The zero-order valence-electron chi connectivity index (χ0n) is 18.4. The van der Waals surface area contributed by atoms with Gasteiger partial charge in [-0.1, -0.05) is 40.9 Å². The molecule has 0 saturated carbocycles. The number of nitrogens with zero attached hydrogens (tertiary/aromatic N) is 1. The molecule has 3 amide bonds. The molecule has 2 heterocycles. The highest BCUT2D eigenvalue weighted by molar-refractivity contribution is 8.18. The van der Waals surface area contributed by atoms with E-state index < -0.39 is 27.1 Å². The summed E-state index contributed by atoms with van der Waals surface area (Å²) in [5, 5.41) is 2.60. The number of thioether (sulfide) groups is 1. The van der Waals surface area contributed by atoms with Crippen LogP contribution in [0.5, 0.6) is 0 Å². The summed E-state index contributed by atoms with van der Waals surface area (Å²) in [5.74, 6) is -1.34. The number of hydrogen-bond acceptors (Lipinski definition) is 6. The Morgan fingerprint density at radius 2 is 1.59 bits per heavy atom. The molecule has 1 saturated heterocycles. The normalized spacial score (nSPS) is 17.3. The molecule has 0 atom stereocenters. The van der Waals surface area contributed by atoms with E-state index in [1.807, 2.05) is 0 Å². The van der Waals surface area contributed by atoms with Crippen LogP contribution in [-0.4, -0.2) is 25.5 Å². The maximum absolute atomic E-state index is 13.6. The molecule has 0 radical (unpaired) electrons. The summed E-state index contributed by atoms with van der Waals surface area (Å²) in [6, 6.07) is 15.1. The van der Waals surface area contributed by atoms with Crippen LogP contribution in [-0.2, 0) is 26.2 Å². The average Bonchev–Trinajstić information content (AvgIpc) is 3.31. The second-order valence-corrected chi connectivity index (χ2v) is 11.8. The molecular formula is C24H14Cl3N3O5S2. The van der Waals surface area contributed by atoms with Gasteiger partial charge in [0, 0.05) is 31.9 Å². The predicted molar refractivity (Wildman–Crippen MR) is 144 cm³/mol. The van der Waals surface area contributed by atoms with Crippen LogP contribution in [0.25, 0.3) is 5.57 Å². The SMILES string of the molecule is O=C1NC(=O)/C(=C2/C(=O)N(Cc3c(Cl)cccc3Cl)c3ccc(S(=O)(=O)Nc4ccc(Cl)cc4)cc32)S1. The van der Waals surface area contributed by atoms with Gasteiger partial charge in [0.2, 0.25) is 0 Å². The fourth-order valence-electron chi connectivity index (χ4n) is 3.91. The van der Waals surface area contributed by atoms with Crippen molar-refractivity contribution < 1.29 is 22.8 Å². The van der Waals surface area contributed by atoms with E-state index in [0.29, 0.717) is 38.1 Å². The Bertz CT molecular complexity index is 1620. The zero-order valence-corrected chi connectivity index (χ0v) is 22.3. The van der Waals surface area contributed by atoms with Gasteiger partial charge in [-0.2, -0.15) is 0 Å². The van der Waals surface area contributed by atoms with Crippen molar-refractivity contribution >= 4 is 90.6 Å². The van der Waals surface area contributed by atoms with Crippen molar-refractivity contribution in [1.82, 2.24) is 5.32 Å². The first-order chi connectivity index (χ1) is 17.5. The Hall–Kier alpha value is -3.02. The largest absolute Gasteiger partial charge is 0.303 e. The minimum Gasteiger partial charge on any atom is -0.303 e. The smallest absolute Gasteiger partial charge is 0.290 e. The van der Waals surface area contributed by atoms with Crippen LogP contribution in [0.2, 0.25) is 15.1 Å². The molecule has 2 aliphatic heterocycles. The van der Waals surface area contributed by atoms with Gasteiger partial charge in [-0.3, -0.25) is 24.4 Å².